The second-order valence-electron chi connectivity index (χ2n) is 5.79. The van der Waals surface area contributed by atoms with E-state index in [0.717, 1.165) is 0 Å². The lowest BCUT2D eigenvalue weighted by atomic mass is 10.2. The van der Waals surface area contributed by atoms with Gasteiger partial charge < -0.3 is 25.8 Å². The van der Waals surface area contributed by atoms with Crippen molar-refractivity contribution >= 4 is 35.6 Å². The Morgan fingerprint density at radius 3 is 2.61 bits per heavy atom. The lowest BCUT2D eigenvalue weighted by Gasteiger charge is -2.11. The number of hydrogen-bond acceptors (Lipinski definition) is 5. The number of anilines is 2. The lowest BCUT2D eigenvalue weighted by molar-refractivity contribution is -0.116. The third-order valence-electron chi connectivity index (χ3n) is 3.83. The fourth-order valence-corrected chi connectivity index (χ4v) is 2.47. The first-order chi connectivity index (χ1) is 13.0. The summed E-state index contributed by atoms with van der Waals surface area (Å²) in [7, 11) is 1.55. The highest BCUT2D eigenvalue weighted by molar-refractivity contribution is 5.97. The van der Waals surface area contributed by atoms with Crippen molar-refractivity contribution in [3.8, 4) is 11.5 Å². The van der Waals surface area contributed by atoms with Crippen molar-refractivity contribution in [2.24, 2.45) is 0 Å². The van der Waals surface area contributed by atoms with Crippen LogP contribution in [0.25, 0.3) is 0 Å². The van der Waals surface area contributed by atoms with Crippen LogP contribution >= 0.6 is 12.4 Å². The SMILES string of the molecule is CCOc1ccccc1C(=O)NCCCC(=O)Nc1cc(OC)ccc1N.Cl. The topological polar surface area (TPSA) is 103 Å². The molecule has 2 amide bonds. The molecule has 0 saturated carbocycles. The molecule has 0 heterocycles. The largest absolute Gasteiger partial charge is 0.497 e. The zero-order chi connectivity index (χ0) is 19.6. The second-order valence-corrected chi connectivity index (χ2v) is 5.79. The van der Waals surface area contributed by atoms with Crippen LogP contribution in [-0.4, -0.2) is 32.1 Å². The van der Waals surface area contributed by atoms with E-state index in [-0.39, 0.29) is 30.6 Å². The van der Waals surface area contributed by atoms with Gasteiger partial charge in [-0.1, -0.05) is 12.1 Å². The van der Waals surface area contributed by atoms with E-state index in [0.29, 0.717) is 48.0 Å². The number of nitrogens with two attached hydrogens (primary N) is 1. The maximum absolute atomic E-state index is 12.3. The number of amides is 2. The summed E-state index contributed by atoms with van der Waals surface area (Å²) in [4.78, 5) is 24.3. The highest BCUT2D eigenvalue weighted by Gasteiger charge is 2.12. The molecule has 0 radical (unpaired) electrons. The summed E-state index contributed by atoms with van der Waals surface area (Å²) in [5, 5.41) is 5.56. The minimum atomic E-state index is -0.225. The lowest BCUT2D eigenvalue weighted by Crippen LogP contribution is -2.26. The number of para-hydroxylation sites is 1. The molecule has 0 aliphatic rings. The van der Waals surface area contributed by atoms with Crippen molar-refractivity contribution in [2.75, 3.05) is 31.3 Å². The standard InChI is InChI=1S/C20H25N3O4.ClH/c1-3-27-18-8-5-4-7-15(18)20(25)22-12-6-9-19(24)23-17-13-14(26-2)10-11-16(17)21;/h4-5,7-8,10-11,13H,3,6,9,12,21H2,1-2H3,(H,22,25)(H,23,24);1H. The molecule has 8 heteroatoms. The Labute approximate surface area is 171 Å². The third-order valence-corrected chi connectivity index (χ3v) is 3.83. The van der Waals surface area contributed by atoms with Gasteiger partial charge in [-0.25, -0.2) is 0 Å². The van der Waals surface area contributed by atoms with Crippen LogP contribution in [0.5, 0.6) is 11.5 Å². The first-order valence-corrected chi connectivity index (χ1v) is 8.78. The van der Waals surface area contributed by atoms with Gasteiger partial charge in [-0.2, -0.15) is 0 Å². The van der Waals surface area contributed by atoms with Gasteiger partial charge in [0.2, 0.25) is 5.91 Å². The summed E-state index contributed by atoms with van der Waals surface area (Å²) in [6.07, 6.45) is 0.752. The van der Waals surface area contributed by atoms with E-state index in [1.807, 2.05) is 13.0 Å². The number of halogens is 1. The van der Waals surface area contributed by atoms with Gasteiger partial charge in [0, 0.05) is 19.0 Å². The number of nitrogens with one attached hydrogen (secondary N) is 2. The average Bonchev–Trinajstić information content (AvgIpc) is 2.67. The first kappa shape index (κ1) is 23.1. The van der Waals surface area contributed by atoms with Crippen LogP contribution in [0, 0.1) is 0 Å². The molecule has 2 rings (SSSR count). The van der Waals surface area contributed by atoms with Crippen molar-refractivity contribution in [3.05, 3.63) is 48.0 Å². The van der Waals surface area contributed by atoms with E-state index in [1.165, 1.54) is 0 Å². The summed E-state index contributed by atoms with van der Waals surface area (Å²) in [6.45, 7) is 2.72. The van der Waals surface area contributed by atoms with Crippen molar-refractivity contribution in [3.63, 3.8) is 0 Å². The summed E-state index contributed by atoms with van der Waals surface area (Å²) in [6, 6.07) is 12.1. The molecule has 2 aromatic carbocycles. The van der Waals surface area contributed by atoms with Crippen molar-refractivity contribution in [2.45, 2.75) is 19.8 Å². The van der Waals surface area contributed by atoms with Crippen LogP contribution in [0.15, 0.2) is 42.5 Å². The molecule has 152 valence electrons. The number of carbonyl (C=O) groups is 2. The van der Waals surface area contributed by atoms with Crippen LogP contribution in [-0.2, 0) is 4.79 Å². The Hall–Kier alpha value is -2.93. The van der Waals surface area contributed by atoms with Crippen LogP contribution in [0.1, 0.15) is 30.1 Å². The quantitative estimate of drug-likeness (QED) is 0.437. The van der Waals surface area contributed by atoms with Gasteiger partial charge >= 0.3 is 0 Å². The Morgan fingerprint density at radius 2 is 1.89 bits per heavy atom. The second kappa shape index (κ2) is 11.7. The van der Waals surface area contributed by atoms with Crippen LogP contribution in [0.4, 0.5) is 11.4 Å². The Kier molecular flexibility index (Phi) is 9.67. The summed E-state index contributed by atoms with van der Waals surface area (Å²) < 4.78 is 10.6. The number of carbonyl (C=O) groups excluding carboxylic acids is 2. The Morgan fingerprint density at radius 1 is 1.14 bits per heavy atom. The number of benzene rings is 2. The van der Waals surface area contributed by atoms with Crippen molar-refractivity contribution in [1.82, 2.24) is 5.32 Å². The fraction of sp³-hybridized carbons (Fsp3) is 0.300. The van der Waals surface area contributed by atoms with Gasteiger partial charge in [0.05, 0.1) is 30.7 Å². The van der Waals surface area contributed by atoms with Gasteiger partial charge in [-0.3, -0.25) is 9.59 Å². The van der Waals surface area contributed by atoms with Crippen LogP contribution in [0.2, 0.25) is 0 Å². The molecule has 0 aliphatic carbocycles. The fourth-order valence-electron chi connectivity index (χ4n) is 2.47. The van der Waals surface area contributed by atoms with E-state index < -0.39 is 0 Å². The Balaban J connectivity index is 0.00000392. The molecule has 0 atom stereocenters. The van der Waals surface area contributed by atoms with E-state index in [9.17, 15) is 9.59 Å². The zero-order valence-electron chi connectivity index (χ0n) is 16.0. The van der Waals surface area contributed by atoms with Crippen molar-refractivity contribution < 1.29 is 19.1 Å². The third kappa shape index (κ3) is 6.66. The zero-order valence-corrected chi connectivity index (χ0v) is 16.8. The maximum atomic E-state index is 12.3. The molecule has 0 spiro atoms. The molecule has 0 aliphatic heterocycles. The Bertz CT molecular complexity index is 799. The molecule has 7 nitrogen and oxygen atoms in total. The van der Waals surface area contributed by atoms with Gasteiger partial charge in [-0.15, -0.1) is 12.4 Å². The van der Waals surface area contributed by atoms with E-state index in [4.69, 9.17) is 15.2 Å². The predicted octanol–water partition coefficient (Wildman–Crippen LogP) is 3.25. The normalized spacial score (nSPS) is 9.79. The number of nitrogen functional groups attached to an aromatic ring is 1. The minimum Gasteiger partial charge on any atom is -0.497 e. The number of methoxy groups -OCH3 is 1. The molecule has 4 N–H and O–H groups in total. The van der Waals surface area contributed by atoms with E-state index in [2.05, 4.69) is 10.6 Å². The van der Waals surface area contributed by atoms with Crippen LogP contribution < -0.4 is 25.8 Å². The predicted molar refractivity (Wildman–Crippen MR) is 112 cm³/mol. The van der Waals surface area contributed by atoms with Gasteiger partial charge in [0.25, 0.3) is 5.91 Å². The van der Waals surface area contributed by atoms with E-state index >= 15 is 0 Å². The summed E-state index contributed by atoms with van der Waals surface area (Å²) >= 11 is 0. The molecule has 0 unspecified atom stereocenters. The van der Waals surface area contributed by atoms with E-state index in [1.54, 1.807) is 43.5 Å². The molecule has 0 saturated heterocycles. The monoisotopic (exact) mass is 407 g/mol. The molecule has 0 bridgehead atoms. The highest BCUT2D eigenvalue weighted by atomic mass is 35.5. The number of hydrogen-bond donors (Lipinski definition) is 3. The van der Waals surface area contributed by atoms with Gasteiger partial charge in [0.15, 0.2) is 0 Å². The van der Waals surface area contributed by atoms with Crippen LogP contribution in [0.3, 0.4) is 0 Å². The van der Waals surface area contributed by atoms with Gasteiger partial charge in [-0.05, 0) is 37.6 Å². The minimum absolute atomic E-state index is 0. The molecule has 0 aromatic heterocycles. The smallest absolute Gasteiger partial charge is 0.255 e. The number of rotatable bonds is 9. The van der Waals surface area contributed by atoms with Gasteiger partial charge in [0.1, 0.15) is 11.5 Å². The maximum Gasteiger partial charge on any atom is 0.255 e. The summed E-state index contributed by atoms with van der Waals surface area (Å²) in [5.74, 6) is 0.749. The summed E-state index contributed by atoms with van der Waals surface area (Å²) in [5.41, 5.74) is 7.30. The molecule has 0 fully saturated rings. The number of ether oxygens (including phenoxy) is 2. The highest BCUT2D eigenvalue weighted by Crippen LogP contribution is 2.24. The molecule has 28 heavy (non-hydrogen) atoms. The molecular formula is C20H26ClN3O4. The first-order valence-electron chi connectivity index (χ1n) is 8.78. The molecular weight excluding hydrogens is 382 g/mol. The molecule has 2 aromatic rings. The average molecular weight is 408 g/mol. The van der Waals surface area contributed by atoms with Crippen molar-refractivity contribution in [1.29, 1.82) is 0 Å².